The van der Waals surface area contributed by atoms with Gasteiger partial charge in [0.05, 0.1) is 12.7 Å². The van der Waals surface area contributed by atoms with Gasteiger partial charge in [-0.1, -0.05) is 29.8 Å². The molecule has 0 aromatic heterocycles. The van der Waals surface area contributed by atoms with Crippen LogP contribution < -0.4 is 4.74 Å². The molecule has 0 radical (unpaired) electrons. The van der Waals surface area contributed by atoms with Gasteiger partial charge in [-0.2, -0.15) is 0 Å². The molecule has 0 spiro atoms. The summed E-state index contributed by atoms with van der Waals surface area (Å²) in [6, 6.07) is 13.8. The number of carbonyl (C=O) groups is 2. The number of hydrogen-bond acceptors (Lipinski definition) is 4. The minimum Gasteiger partial charge on any atom is -0.485 e. The summed E-state index contributed by atoms with van der Waals surface area (Å²) < 4.78 is 10.0. The smallest absolute Gasteiger partial charge is 0.337 e. The highest BCUT2D eigenvalue weighted by Gasteiger charge is 2.08. The third-order valence-corrected chi connectivity index (χ3v) is 3.02. The number of methoxy groups -OCH3 is 1. The number of aryl methyl sites for hydroxylation is 1. The van der Waals surface area contributed by atoms with Crippen LogP contribution in [-0.2, 0) is 4.74 Å². The van der Waals surface area contributed by atoms with Crippen molar-refractivity contribution in [1.29, 1.82) is 0 Å². The van der Waals surface area contributed by atoms with Crippen molar-refractivity contribution in [2.45, 2.75) is 6.92 Å². The monoisotopic (exact) mass is 284 g/mol. The molecule has 0 heterocycles. The maximum absolute atomic E-state index is 12.0. The first-order valence-electron chi connectivity index (χ1n) is 6.51. The van der Waals surface area contributed by atoms with Crippen molar-refractivity contribution >= 4 is 11.8 Å². The van der Waals surface area contributed by atoms with Gasteiger partial charge in [0, 0.05) is 5.56 Å². The molecule has 0 aliphatic carbocycles. The van der Waals surface area contributed by atoms with Gasteiger partial charge in [-0.15, -0.1) is 0 Å². The number of hydrogen-bond donors (Lipinski definition) is 0. The van der Waals surface area contributed by atoms with Gasteiger partial charge in [-0.3, -0.25) is 4.79 Å². The maximum Gasteiger partial charge on any atom is 0.337 e. The van der Waals surface area contributed by atoms with Gasteiger partial charge in [-0.25, -0.2) is 4.79 Å². The van der Waals surface area contributed by atoms with E-state index in [2.05, 4.69) is 4.74 Å². The van der Waals surface area contributed by atoms with Crippen LogP contribution in [-0.4, -0.2) is 25.5 Å². The summed E-state index contributed by atoms with van der Waals surface area (Å²) in [5.41, 5.74) is 2.16. The molecule has 4 nitrogen and oxygen atoms in total. The molecule has 0 amide bonds. The fraction of sp³-hybridized carbons (Fsp3) is 0.176. The molecule has 0 bridgehead atoms. The molecule has 0 saturated carbocycles. The van der Waals surface area contributed by atoms with Crippen LogP contribution in [0.1, 0.15) is 26.3 Å². The lowest BCUT2D eigenvalue weighted by molar-refractivity contribution is 0.0600. The molecule has 4 heteroatoms. The first kappa shape index (κ1) is 14.8. The molecule has 108 valence electrons. The van der Waals surface area contributed by atoms with Crippen LogP contribution >= 0.6 is 0 Å². The van der Waals surface area contributed by atoms with E-state index in [9.17, 15) is 9.59 Å². The van der Waals surface area contributed by atoms with Gasteiger partial charge in [0.1, 0.15) is 5.75 Å². The molecular formula is C17H16O4. The van der Waals surface area contributed by atoms with E-state index in [-0.39, 0.29) is 12.4 Å². The molecule has 0 unspecified atom stereocenters. The second kappa shape index (κ2) is 6.70. The second-order valence-electron chi connectivity index (χ2n) is 4.59. The minimum absolute atomic E-state index is 0.0410. The van der Waals surface area contributed by atoms with Gasteiger partial charge in [0.15, 0.2) is 12.4 Å². The zero-order valence-electron chi connectivity index (χ0n) is 12.0. The predicted octanol–water partition coefficient (Wildman–Crippen LogP) is 3.04. The number of benzene rings is 2. The third-order valence-electron chi connectivity index (χ3n) is 3.02. The molecule has 0 aliphatic rings. The van der Waals surface area contributed by atoms with E-state index in [1.807, 2.05) is 19.1 Å². The van der Waals surface area contributed by atoms with Crippen LogP contribution in [0.5, 0.6) is 5.75 Å². The molecule has 2 rings (SSSR count). The SMILES string of the molecule is COC(=O)c1ccc(OCC(=O)c2ccc(C)cc2)cc1. The average Bonchev–Trinajstić information content (AvgIpc) is 2.53. The Labute approximate surface area is 123 Å². The van der Waals surface area contributed by atoms with Crippen molar-refractivity contribution in [3.05, 3.63) is 65.2 Å². The number of esters is 1. The number of Topliss-reactive ketones (excluding diaryl/α,β-unsaturated/α-hetero) is 1. The van der Waals surface area contributed by atoms with Gasteiger partial charge in [0.25, 0.3) is 0 Å². The maximum atomic E-state index is 12.0. The summed E-state index contributed by atoms with van der Waals surface area (Å²) in [5, 5.41) is 0. The van der Waals surface area contributed by atoms with Gasteiger partial charge >= 0.3 is 5.97 Å². The van der Waals surface area contributed by atoms with E-state index in [1.165, 1.54) is 7.11 Å². The zero-order valence-corrected chi connectivity index (χ0v) is 12.0. The van der Waals surface area contributed by atoms with Crippen LogP contribution in [0.3, 0.4) is 0 Å². The fourth-order valence-corrected chi connectivity index (χ4v) is 1.78. The first-order valence-corrected chi connectivity index (χ1v) is 6.51. The molecule has 2 aromatic carbocycles. The standard InChI is InChI=1S/C17H16O4/c1-12-3-5-13(6-4-12)16(18)11-21-15-9-7-14(8-10-15)17(19)20-2/h3-10H,11H2,1-2H3. The Morgan fingerprint density at radius 2 is 1.48 bits per heavy atom. The van der Waals surface area contributed by atoms with E-state index in [0.717, 1.165) is 5.56 Å². The van der Waals surface area contributed by atoms with Crippen molar-refractivity contribution < 1.29 is 19.1 Å². The Balaban J connectivity index is 1.95. The molecule has 0 aliphatic heterocycles. The molecule has 0 fully saturated rings. The Bertz CT molecular complexity index is 627. The third kappa shape index (κ3) is 3.92. The number of rotatable bonds is 5. The van der Waals surface area contributed by atoms with Crippen LogP contribution in [0, 0.1) is 6.92 Å². The summed E-state index contributed by atoms with van der Waals surface area (Å²) in [5.74, 6) is 0.0347. The molecule has 0 atom stereocenters. The molecule has 0 N–H and O–H groups in total. The predicted molar refractivity (Wildman–Crippen MR) is 78.8 cm³/mol. The lowest BCUT2D eigenvalue weighted by atomic mass is 10.1. The second-order valence-corrected chi connectivity index (χ2v) is 4.59. The number of ether oxygens (including phenoxy) is 2. The quantitative estimate of drug-likeness (QED) is 0.625. The van der Waals surface area contributed by atoms with Crippen molar-refractivity contribution in [3.63, 3.8) is 0 Å². The molecule has 0 saturated heterocycles. The molecule has 2 aromatic rings. The van der Waals surface area contributed by atoms with E-state index in [1.54, 1.807) is 36.4 Å². The normalized spacial score (nSPS) is 10.0. The summed E-state index contributed by atoms with van der Waals surface area (Å²) in [4.78, 5) is 23.2. The van der Waals surface area contributed by atoms with E-state index >= 15 is 0 Å². The van der Waals surface area contributed by atoms with Crippen molar-refractivity contribution in [3.8, 4) is 5.75 Å². The molecular weight excluding hydrogens is 268 g/mol. The van der Waals surface area contributed by atoms with Crippen LogP contribution in [0.2, 0.25) is 0 Å². The van der Waals surface area contributed by atoms with Crippen LogP contribution in [0.4, 0.5) is 0 Å². The number of ketones is 1. The summed E-state index contributed by atoms with van der Waals surface area (Å²) >= 11 is 0. The zero-order chi connectivity index (χ0) is 15.2. The van der Waals surface area contributed by atoms with Crippen molar-refractivity contribution in [2.24, 2.45) is 0 Å². The van der Waals surface area contributed by atoms with Gasteiger partial charge in [0.2, 0.25) is 0 Å². The van der Waals surface area contributed by atoms with Crippen LogP contribution in [0.25, 0.3) is 0 Å². The highest BCUT2D eigenvalue weighted by molar-refractivity contribution is 5.97. The lowest BCUT2D eigenvalue weighted by Gasteiger charge is -2.06. The highest BCUT2D eigenvalue weighted by Crippen LogP contribution is 2.13. The topological polar surface area (TPSA) is 52.6 Å². The lowest BCUT2D eigenvalue weighted by Crippen LogP contribution is -2.11. The summed E-state index contributed by atoms with van der Waals surface area (Å²) in [6.45, 7) is 1.92. The molecule has 21 heavy (non-hydrogen) atoms. The van der Waals surface area contributed by atoms with E-state index in [0.29, 0.717) is 16.9 Å². The number of carbonyl (C=O) groups excluding carboxylic acids is 2. The summed E-state index contributed by atoms with van der Waals surface area (Å²) in [7, 11) is 1.33. The van der Waals surface area contributed by atoms with Gasteiger partial charge in [-0.05, 0) is 31.2 Å². The van der Waals surface area contributed by atoms with Gasteiger partial charge < -0.3 is 9.47 Å². The average molecular weight is 284 g/mol. The Kier molecular flexibility index (Phi) is 4.72. The minimum atomic E-state index is -0.405. The van der Waals surface area contributed by atoms with E-state index in [4.69, 9.17) is 4.74 Å². The van der Waals surface area contributed by atoms with Crippen molar-refractivity contribution in [1.82, 2.24) is 0 Å². The first-order chi connectivity index (χ1) is 10.1. The Morgan fingerprint density at radius 3 is 2.05 bits per heavy atom. The van der Waals surface area contributed by atoms with Crippen molar-refractivity contribution in [2.75, 3.05) is 13.7 Å². The Hall–Kier alpha value is -2.62. The van der Waals surface area contributed by atoms with Crippen LogP contribution in [0.15, 0.2) is 48.5 Å². The fourth-order valence-electron chi connectivity index (χ4n) is 1.78. The van der Waals surface area contributed by atoms with E-state index < -0.39 is 5.97 Å². The highest BCUT2D eigenvalue weighted by atomic mass is 16.5. The Morgan fingerprint density at radius 1 is 0.905 bits per heavy atom. The largest absolute Gasteiger partial charge is 0.485 e. The summed E-state index contributed by atoms with van der Waals surface area (Å²) in [6.07, 6.45) is 0.